The molecule has 96 valence electrons. The van der Waals surface area contributed by atoms with E-state index in [0.29, 0.717) is 5.92 Å². The van der Waals surface area contributed by atoms with Gasteiger partial charge in [-0.25, -0.2) is 4.98 Å². The summed E-state index contributed by atoms with van der Waals surface area (Å²) in [7, 11) is 1.99. The molecule has 1 atom stereocenters. The van der Waals surface area contributed by atoms with Gasteiger partial charge in [0.2, 0.25) is 0 Å². The van der Waals surface area contributed by atoms with Crippen molar-refractivity contribution in [3.8, 4) is 0 Å². The van der Waals surface area contributed by atoms with Gasteiger partial charge in [0, 0.05) is 5.38 Å². The molecule has 0 aliphatic heterocycles. The van der Waals surface area contributed by atoms with E-state index in [1.807, 2.05) is 7.05 Å². The van der Waals surface area contributed by atoms with E-state index in [2.05, 4.69) is 55.7 Å². The third-order valence-electron chi connectivity index (χ3n) is 3.17. The maximum atomic E-state index is 4.75. The summed E-state index contributed by atoms with van der Waals surface area (Å²) in [4.78, 5) is 4.75. The van der Waals surface area contributed by atoms with E-state index < -0.39 is 0 Å². The average Bonchev–Trinajstić information content (AvgIpc) is 2.82. The molecule has 1 aromatic heterocycles. The Bertz CT molecular complexity index is 517. The van der Waals surface area contributed by atoms with Crippen LogP contribution in [0.5, 0.6) is 0 Å². The van der Waals surface area contributed by atoms with Gasteiger partial charge in [0.05, 0.1) is 11.7 Å². The highest BCUT2D eigenvalue weighted by molar-refractivity contribution is 7.09. The molecule has 0 fully saturated rings. The fourth-order valence-electron chi connectivity index (χ4n) is 2.02. The highest BCUT2D eigenvalue weighted by Crippen LogP contribution is 2.28. The minimum Gasteiger partial charge on any atom is -0.307 e. The van der Waals surface area contributed by atoms with Crippen molar-refractivity contribution in [1.29, 1.82) is 0 Å². The van der Waals surface area contributed by atoms with Crippen LogP contribution >= 0.6 is 11.3 Å². The van der Waals surface area contributed by atoms with Crippen LogP contribution in [0.4, 0.5) is 0 Å². The molecule has 0 saturated heterocycles. The summed E-state index contributed by atoms with van der Waals surface area (Å²) < 4.78 is 0. The van der Waals surface area contributed by atoms with Crippen molar-refractivity contribution >= 4 is 11.3 Å². The molecule has 1 heterocycles. The Morgan fingerprint density at radius 1 is 1.22 bits per heavy atom. The molecule has 0 aliphatic rings. The van der Waals surface area contributed by atoms with Gasteiger partial charge in [-0.05, 0) is 31.0 Å². The third-order valence-corrected chi connectivity index (χ3v) is 4.09. The minimum absolute atomic E-state index is 0.198. The Hall–Kier alpha value is -1.19. The fourth-order valence-corrected chi connectivity index (χ4v) is 3.13. The molecule has 0 aliphatic carbocycles. The van der Waals surface area contributed by atoms with Gasteiger partial charge in [-0.2, -0.15) is 0 Å². The molecule has 2 aromatic rings. The van der Waals surface area contributed by atoms with E-state index in [1.165, 1.54) is 16.8 Å². The maximum absolute atomic E-state index is 4.75. The zero-order valence-electron chi connectivity index (χ0n) is 11.4. The van der Waals surface area contributed by atoms with E-state index in [1.54, 1.807) is 11.3 Å². The zero-order valence-corrected chi connectivity index (χ0v) is 12.2. The van der Waals surface area contributed by atoms with Crippen molar-refractivity contribution in [1.82, 2.24) is 10.3 Å². The molecule has 0 amide bonds. The lowest BCUT2D eigenvalue weighted by Gasteiger charge is -2.16. The number of nitrogens with one attached hydrogen (secondary N) is 1. The lowest BCUT2D eigenvalue weighted by atomic mass is 10.0. The molecular weight excluding hydrogens is 240 g/mol. The summed E-state index contributed by atoms with van der Waals surface area (Å²) in [5, 5.41) is 6.69. The fraction of sp³-hybridized carbons (Fsp3) is 0.400. The smallest absolute Gasteiger partial charge is 0.114 e. The van der Waals surface area contributed by atoms with E-state index in [0.717, 1.165) is 5.01 Å². The van der Waals surface area contributed by atoms with Gasteiger partial charge in [0.1, 0.15) is 5.01 Å². The number of hydrogen-bond donors (Lipinski definition) is 1. The van der Waals surface area contributed by atoms with Crippen molar-refractivity contribution in [2.24, 2.45) is 0 Å². The van der Waals surface area contributed by atoms with Gasteiger partial charge < -0.3 is 5.32 Å². The topological polar surface area (TPSA) is 24.9 Å². The maximum Gasteiger partial charge on any atom is 0.114 e. The van der Waals surface area contributed by atoms with E-state index in [4.69, 9.17) is 4.98 Å². The number of aryl methyl sites for hydroxylation is 1. The highest BCUT2D eigenvalue weighted by Gasteiger charge is 2.18. The first-order chi connectivity index (χ1) is 8.63. The molecule has 18 heavy (non-hydrogen) atoms. The highest BCUT2D eigenvalue weighted by atomic mass is 32.1. The van der Waals surface area contributed by atoms with Crippen LogP contribution in [0, 0.1) is 6.92 Å². The number of hydrogen-bond acceptors (Lipinski definition) is 3. The number of thiazole rings is 1. The molecule has 0 radical (unpaired) electrons. The van der Waals surface area contributed by atoms with Crippen molar-refractivity contribution in [2.45, 2.75) is 32.7 Å². The number of aromatic nitrogens is 1. The molecule has 1 unspecified atom stereocenters. The second-order valence-electron chi connectivity index (χ2n) is 4.84. The van der Waals surface area contributed by atoms with Crippen molar-refractivity contribution in [3.05, 3.63) is 51.5 Å². The van der Waals surface area contributed by atoms with Crippen LogP contribution in [0.2, 0.25) is 0 Å². The second kappa shape index (κ2) is 5.63. The quantitative estimate of drug-likeness (QED) is 0.902. The predicted molar refractivity (Wildman–Crippen MR) is 78.3 cm³/mol. The first-order valence-electron chi connectivity index (χ1n) is 6.31. The monoisotopic (exact) mass is 260 g/mol. The van der Waals surface area contributed by atoms with Crippen LogP contribution in [0.15, 0.2) is 29.6 Å². The Balaban J connectivity index is 2.36. The van der Waals surface area contributed by atoms with E-state index in [-0.39, 0.29) is 6.04 Å². The summed E-state index contributed by atoms with van der Waals surface area (Å²) >= 11 is 1.74. The van der Waals surface area contributed by atoms with Crippen LogP contribution in [0.3, 0.4) is 0 Å². The van der Waals surface area contributed by atoms with Crippen LogP contribution in [0.25, 0.3) is 0 Å². The molecule has 1 N–H and O–H groups in total. The summed E-state index contributed by atoms with van der Waals surface area (Å²) in [6, 6.07) is 8.68. The van der Waals surface area contributed by atoms with Gasteiger partial charge in [-0.15, -0.1) is 11.3 Å². The number of benzene rings is 1. The standard InChI is InChI=1S/C15H20N2S/c1-10(2)13-9-18-15(17-13)14(16-4)12-8-6-5-7-11(12)3/h5-10,14,16H,1-4H3. The summed E-state index contributed by atoms with van der Waals surface area (Å²) in [5.74, 6) is 0.490. The van der Waals surface area contributed by atoms with Crippen molar-refractivity contribution < 1.29 is 0 Å². The Labute approximate surface area is 113 Å². The van der Waals surface area contributed by atoms with Crippen LogP contribution in [-0.4, -0.2) is 12.0 Å². The lowest BCUT2D eigenvalue weighted by molar-refractivity contribution is 0.675. The first kappa shape index (κ1) is 13.2. The molecule has 2 nitrogen and oxygen atoms in total. The van der Waals surface area contributed by atoms with Gasteiger partial charge in [0.25, 0.3) is 0 Å². The lowest BCUT2D eigenvalue weighted by Crippen LogP contribution is -2.18. The minimum atomic E-state index is 0.198. The van der Waals surface area contributed by atoms with Crippen LogP contribution in [0.1, 0.15) is 47.6 Å². The third kappa shape index (κ3) is 2.62. The summed E-state index contributed by atoms with van der Waals surface area (Å²) in [6.45, 7) is 6.51. The van der Waals surface area contributed by atoms with Gasteiger partial charge in [-0.3, -0.25) is 0 Å². The molecule has 0 saturated carbocycles. The Morgan fingerprint density at radius 3 is 2.50 bits per heavy atom. The molecule has 0 bridgehead atoms. The Kier molecular flexibility index (Phi) is 4.15. The normalized spacial score (nSPS) is 12.9. The van der Waals surface area contributed by atoms with Crippen molar-refractivity contribution in [2.75, 3.05) is 7.05 Å². The first-order valence-corrected chi connectivity index (χ1v) is 7.19. The van der Waals surface area contributed by atoms with Crippen LogP contribution < -0.4 is 5.32 Å². The Morgan fingerprint density at radius 2 is 1.94 bits per heavy atom. The summed E-state index contributed by atoms with van der Waals surface area (Å²) in [5.41, 5.74) is 3.80. The van der Waals surface area contributed by atoms with Gasteiger partial charge in [0.15, 0.2) is 0 Å². The largest absolute Gasteiger partial charge is 0.307 e. The zero-order chi connectivity index (χ0) is 13.1. The van der Waals surface area contributed by atoms with Crippen LogP contribution in [-0.2, 0) is 0 Å². The van der Waals surface area contributed by atoms with Gasteiger partial charge in [-0.1, -0.05) is 38.1 Å². The van der Waals surface area contributed by atoms with Gasteiger partial charge >= 0.3 is 0 Å². The SMILES string of the molecule is CNC(c1nc(C(C)C)cs1)c1ccccc1C. The molecule has 2 rings (SSSR count). The predicted octanol–water partition coefficient (Wildman–Crippen LogP) is 3.88. The molecular formula is C15H20N2S. The van der Waals surface area contributed by atoms with E-state index >= 15 is 0 Å². The second-order valence-corrected chi connectivity index (χ2v) is 5.73. The summed E-state index contributed by atoms with van der Waals surface area (Å²) in [6.07, 6.45) is 0. The molecule has 1 aromatic carbocycles. The number of rotatable bonds is 4. The number of nitrogens with zero attached hydrogens (tertiary/aromatic N) is 1. The average molecular weight is 260 g/mol. The molecule has 3 heteroatoms. The van der Waals surface area contributed by atoms with E-state index in [9.17, 15) is 0 Å². The van der Waals surface area contributed by atoms with Crippen molar-refractivity contribution in [3.63, 3.8) is 0 Å². The molecule has 0 spiro atoms.